The Labute approximate surface area is 132 Å². The van der Waals surface area contributed by atoms with E-state index >= 15 is 0 Å². The molecular weight excluding hydrogens is 270 g/mol. The van der Waals surface area contributed by atoms with E-state index in [2.05, 4.69) is 47.4 Å². The molecule has 0 saturated heterocycles. The average molecular weight is 291 g/mol. The lowest BCUT2D eigenvalue weighted by molar-refractivity contribution is 0.415. The van der Waals surface area contributed by atoms with Crippen LogP contribution in [0.1, 0.15) is 24.8 Å². The third-order valence-electron chi connectivity index (χ3n) is 4.85. The van der Waals surface area contributed by atoms with Gasteiger partial charge in [0.15, 0.2) is 0 Å². The zero-order valence-corrected chi connectivity index (χ0v) is 13.0. The fourth-order valence-electron chi connectivity index (χ4n) is 3.74. The van der Waals surface area contributed by atoms with E-state index in [4.69, 9.17) is 4.74 Å². The predicted octanol–water partition coefficient (Wildman–Crippen LogP) is 5.03. The van der Waals surface area contributed by atoms with Crippen molar-refractivity contribution >= 4 is 16.9 Å². The first-order valence-corrected chi connectivity index (χ1v) is 8.08. The molecule has 1 unspecified atom stereocenters. The molecule has 2 heteroatoms. The van der Waals surface area contributed by atoms with Crippen LogP contribution >= 0.6 is 0 Å². The summed E-state index contributed by atoms with van der Waals surface area (Å²) in [6.45, 7) is 1.08. The molecule has 2 aromatic carbocycles. The van der Waals surface area contributed by atoms with Crippen molar-refractivity contribution in [2.45, 2.75) is 19.3 Å². The Balaban J connectivity index is 1.79. The Kier molecular flexibility index (Phi) is 3.38. The summed E-state index contributed by atoms with van der Waals surface area (Å²) in [5.41, 5.74) is 5.55. The monoisotopic (exact) mass is 291 g/mol. The first-order chi connectivity index (χ1) is 10.9. The van der Waals surface area contributed by atoms with Gasteiger partial charge in [-0.15, -0.1) is 0 Å². The summed E-state index contributed by atoms with van der Waals surface area (Å²) in [6.07, 6.45) is 6.29. The molecule has 0 saturated carbocycles. The lowest BCUT2D eigenvalue weighted by Gasteiger charge is -2.39. The van der Waals surface area contributed by atoms with E-state index in [0.29, 0.717) is 5.92 Å². The second-order valence-corrected chi connectivity index (χ2v) is 6.11. The number of para-hydroxylation sites is 1. The maximum absolute atomic E-state index is 5.28. The fraction of sp³-hybridized carbons (Fsp3) is 0.300. The number of hydrogen-bond acceptors (Lipinski definition) is 2. The normalized spacial score (nSPS) is 20.0. The first kappa shape index (κ1) is 13.4. The molecule has 1 aliphatic carbocycles. The van der Waals surface area contributed by atoms with Gasteiger partial charge >= 0.3 is 0 Å². The summed E-state index contributed by atoms with van der Waals surface area (Å²) in [5, 5.41) is 0. The molecule has 0 N–H and O–H groups in total. The van der Waals surface area contributed by atoms with E-state index in [1.807, 2.05) is 12.1 Å². The maximum Gasteiger partial charge on any atom is 0.119 e. The maximum atomic E-state index is 5.28. The number of ether oxygens (including phenoxy) is 1. The van der Waals surface area contributed by atoms with Gasteiger partial charge in [-0.2, -0.15) is 0 Å². The van der Waals surface area contributed by atoms with E-state index < -0.39 is 0 Å². The molecule has 0 fully saturated rings. The van der Waals surface area contributed by atoms with Gasteiger partial charge in [-0.25, -0.2) is 0 Å². The Morgan fingerprint density at radius 3 is 2.68 bits per heavy atom. The molecule has 2 aromatic rings. The number of rotatable bonds is 2. The predicted molar refractivity (Wildman–Crippen MR) is 91.8 cm³/mol. The molecule has 1 heterocycles. The average Bonchev–Trinajstić information content (AvgIpc) is 2.61. The summed E-state index contributed by atoms with van der Waals surface area (Å²) in [7, 11) is 1.71. The van der Waals surface area contributed by atoms with Crippen molar-refractivity contribution in [3.05, 3.63) is 60.2 Å². The summed E-state index contributed by atoms with van der Waals surface area (Å²) >= 11 is 0. The Hall–Kier alpha value is -2.22. The van der Waals surface area contributed by atoms with E-state index in [9.17, 15) is 0 Å². The standard InChI is InChI=1S/C20H21NO/c1-22-17-12-10-16(11-13-17)21-14-15-6-2-3-7-18(15)19-8-4-5-9-20(19)21/h4-5,7-13,15H,2-3,6,14H2,1H3. The number of hydrogen-bond donors (Lipinski definition) is 0. The van der Waals surface area contributed by atoms with E-state index in [1.54, 1.807) is 12.7 Å². The highest BCUT2D eigenvalue weighted by atomic mass is 16.5. The molecule has 1 aliphatic heterocycles. The van der Waals surface area contributed by atoms with Crippen molar-refractivity contribution < 1.29 is 4.74 Å². The first-order valence-electron chi connectivity index (χ1n) is 8.08. The van der Waals surface area contributed by atoms with Gasteiger partial charge in [0.25, 0.3) is 0 Å². The van der Waals surface area contributed by atoms with Crippen molar-refractivity contribution in [2.24, 2.45) is 5.92 Å². The summed E-state index contributed by atoms with van der Waals surface area (Å²) in [6, 6.07) is 17.2. The second kappa shape index (κ2) is 5.53. The molecule has 112 valence electrons. The van der Waals surface area contributed by atoms with Crippen LogP contribution in [0.3, 0.4) is 0 Å². The zero-order chi connectivity index (χ0) is 14.9. The lowest BCUT2D eigenvalue weighted by atomic mass is 9.79. The Morgan fingerprint density at radius 2 is 1.86 bits per heavy atom. The smallest absolute Gasteiger partial charge is 0.119 e. The van der Waals surface area contributed by atoms with E-state index in [1.165, 1.54) is 36.2 Å². The molecule has 0 aromatic heterocycles. The van der Waals surface area contributed by atoms with Crippen molar-refractivity contribution in [2.75, 3.05) is 18.6 Å². The van der Waals surface area contributed by atoms with Crippen molar-refractivity contribution in [1.82, 2.24) is 0 Å². The molecule has 0 radical (unpaired) electrons. The number of fused-ring (bicyclic) bond motifs is 3. The van der Waals surface area contributed by atoms with E-state index in [0.717, 1.165) is 12.3 Å². The highest BCUT2D eigenvalue weighted by Gasteiger charge is 2.30. The van der Waals surface area contributed by atoms with Crippen LogP contribution in [0.5, 0.6) is 5.75 Å². The number of anilines is 2. The van der Waals surface area contributed by atoms with Crippen molar-refractivity contribution in [1.29, 1.82) is 0 Å². The highest BCUT2D eigenvalue weighted by molar-refractivity contribution is 5.85. The second-order valence-electron chi connectivity index (χ2n) is 6.11. The van der Waals surface area contributed by atoms with Crippen LogP contribution < -0.4 is 9.64 Å². The molecule has 0 spiro atoms. The van der Waals surface area contributed by atoms with E-state index in [-0.39, 0.29) is 0 Å². The van der Waals surface area contributed by atoms with Crippen LogP contribution in [0.4, 0.5) is 11.4 Å². The van der Waals surface area contributed by atoms with Crippen LogP contribution in [-0.2, 0) is 0 Å². The molecule has 1 atom stereocenters. The third-order valence-corrected chi connectivity index (χ3v) is 4.85. The summed E-state index contributed by atoms with van der Waals surface area (Å²) in [5.74, 6) is 1.57. The van der Waals surface area contributed by atoms with Gasteiger partial charge in [-0.05, 0) is 55.2 Å². The molecule has 2 nitrogen and oxygen atoms in total. The van der Waals surface area contributed by atoms with Crippen LogP contribution in [0.15, 0.2) is 54.6 Å². The van der Waals surface area contributed by atoms with Crippen molar-refractivity contribution in [3.8, 4) is 5.75 Å². The van der Waals surface area contributed by atoms with Gasteiger partial charge in [-0.1, -0.05) is 24.3 Å². The van der Waals surface area contributed by atoms with Crippen LogP contribution in [-0.4, -0.2) is 13.7 Å². The largest absolute Gasteiger partial charge is 0.497 e. The number of allylic oxidation sites excluding steroid dienone is 1. The summed E-state index contributed by atoms with van der Waals surface area (Å²) < 4.78 is 5.28. The molecule has 0 amide bonds. The minimum absolute atomic E-state index is 0.658. The Bertz CT molecular complexity index is 702. The number of benzene rings is 2. The van der Waals surface area contributed by atoms with Gasteiger partial charge in [0.2, 0.25) is 0 Å². The molecule has 2 aliphatic rings. The number of nitrogens with zero attached hydrogens (tertiary/aromatic N) is 1. The van der Waals surface area contributed by atoms with Gasteiger partial charge in [0, 0.05) is 29.4 Å². The minimum Gasteiger partial charge on any atom is -0.497 e. The Morgan fingerprint density at radius 1 is 1.05 bits per heavy atom. The number of methoxy groups -OCH3 is 1. The molecule has 4 rings (SSSR count). The van der Waals surface area contributed by atoms with Crippen molar-refractivity contribution in [3.63, 3.8) is 0 Å². The highest BCUT2D eigenvalue weighted by Crippen LogP contribution is 2.45. The lowest BCUT2D eigenvalue weighted by Crippen LogP contribution is -2.32. The molecule has 22 heavy (non-hydrogen) atoms. The quantitative estimate of drug-likeness (QED) is 0.769. The molecule has 0 bridgehead atoms. The van der Waals surface area contributed by atoms with Crippen LogP contribution in [0, 0.1) is 5.92 Å². The fourth-order valence-corrected chi connectivity index (χ4v) is 3.74. The van der Waals surface area contributed by atoms with Gasteiger partial charge < -0.3 is 9.64 Å². The topological polar surface area (TPSA) is 12.5 Å². The van der Waals surface area contributed by atoms with Crippen LogP contribution in [0.25, 0.3) is 5.57 Å². The van der Waals surface area contributed by atoms with Gasteiger partial charge in [0.05, 0.1) is 7.11 Å². The van der Waals surface area contributed by atoms with Gasteiger partial charge in [0.1, 0.15) is 5.75 Å². The SMILES string of the molecule is COc1ccc(N2CC3CCCC=C3c3ccccc32)cc1. The zero-order valence-electron chi connectivity index (χ0n) is 13.0. The molecular formula is C20H21NO. The van der Waals surface area contributed by atoms with Gasteiger partial charge in [-0.3, -0.25) is 0 Å². The van der Waals surface area contributed by atoms with Crippen LogP contribution in [0.2, 0.25) is 0 Å². The third kappa shape index (κ3) is 2.19. The summed E-state index contributed by atoms with van der Waals surface area (Å²) in [4.78, 5) is 2.46. The minimum atomic E-state index is 0.658.